The molecule has 5 rings (SSSR count). The number of hydrogen-bond donors (Lipinski definition) is 3. The van der Waals surface area contributed by atoms with Crippen molar-refractivity contribution in [3.63, 3.8) is 0 Å². The number of anilines is 5. The molecule has 1 aliphatic heterocycles. The fourth-order valence-electron chi connectivity index (χ4n) is 3.45. The van der Waals surface area contributed by atoms with Crippen LogP contribution in [0.3, 0.4) is 0 Å². The van der Waals surface area contributed by atoms with Gasteiger partial charge in [-0.25, -0.2) is 4.98 Å². The molecule has 0 radical (unpaired) electrons. The monoisotopic (exact) mass is 391 g/mol. The van der Waals surface area contributed by atoms with Crippen LogP contribution >= 0.6 is 0 Å². The van der Waals surface area contributed by atoms with Crippen LogP contribution in [0.4, 0.5) is 29.0 Å². The lowest BCUT2D eigenvalue weighted by Gasteiger charge is -2.28. The molecule has 1 saturated heterocycles. The molecule has 8 nitrogen and oxygen atoms in total. The quantitative estimate of drug-likeness (QED) is 0.590. The van der Waals surface area contributed by atoms with Gasteiger partial charge in [0, 0.05) is 48.2 Å². The van der Waals surface area contributed by atoms with Crippen LogP contribution in [0.2, 0.25) is 0 Å². The maximum atomic E-state index is 5.42. The van der Waals surface area contributed by atoms with Gasteiger partial charge >= 0.3 is 0 Å². The molecule has 150 valence electrons. The van der Waals surface area contributed by atoms with Gasteiger partial charge in [0.25, 0.3) is 0 Å². The summed E-state index contributed by atoms with van der Waals surface area (Å²) in [6.45, 7) is 5.41. The third-order valence-corrected chi connectivity index (χ3v) is 5.32. The minimum absolute atomic E-state index is 0.555. The maximum absolute atomic E-state index is 5.42. The Morgan fingerprint density at radius 3 is 2.66 bits per heavy atom. The average Bonchev–Trinajstić information content (AvgIpc) is 3.51. The van der Waals surface area contributed by atoms with Gasteiger partial charge in [0.15, 0.2) is 0 Å². The molecule has 3 aromatic rings. The second-order valence-electron chi connectivity index (χ2n) is 7.60. The number of nitrogens with one attached hydrogen (secondary N) is 3. The predicted molar refractivity (Wildman–Crippen MR) is 113 cm³/mol. The summed E-state index contributed by atoms with van der Waals surface area (Å²) >= 11 is 0. The molecule has 2 aromatic heterocycles. The molecule has 3 N–H and O–H groups in total. The van der Waals surface area contributed by atoms with E-state index in [9.17, 15) is 0 Å². The Balaban J connectivity index is 1.27. The molecule has 0 amide bonds. The molecular formula is C21H25N7O. The van der Waals surface area contributed by atoms with Crippen LogP contribution in [0.5, 0.6) is 0 Å². The number of benzene rings is 1. The van der Waals surface area contributed by atoms with Crippen molar-refractivity contribution in [2.75, 3.05) is 41.8 Å². The molecule has 1 aromatic carbocycles. The van der Waals surface area contributed by atoms with Crippen LogP contribution in [0, 0.1) is 6.92 Å². The van der Waals surface area contributed by atoms with E-state index in [1.165, 1.54) is 18.5 Å². The first-order valence-corrected chi connectivity index (χ1v) is 10.1. The third-order valence-electron chi connectivity index (χ3n) is 5.32. The van der Waals surface area contributed by atoms with E-state index in [0.717, 1.165) is 54.9 Å². The SMILES string of the molecule is Cc1cnc(Nc2ccc(N3CCOCC3)cc2)nc1Nc1cc(C2CC2)n[nH]1. The Kier molecular flexibility index (Phi) is 4.77. The highest BCUT2D eigenvalue weighted by molar-refractivity contribution is 5.62. The zero-order valence-electron chi connectivity index (χ0n) is 16.5. The van der Waals surface area contributed by atoms with Gasteiger partial charge < -0.3 is 20.3 Å². The third kappa shape index (κ3) is 4.17. The largest absolute Gasteiger partial charge is 0.378 e. The van der Waals surface area contributed by atoms with Gasteiger partial charge in [-0.1, -0.05) is 0 Å². The van der Waals surface area contributed by atoms with Crippen LogP contribution in [-0.2, 0) is 4.74 Å². The number of hydrogen-bond acceptors (Lipinski definition) is 7. The van der Waals surface area contributed by atoms with Gasteiger partial charge in [-0.15, -0.1) is 0 Å². The van der Waals surface area contributed by atoms with Gasteiger partial charge in [0.05, 0.1) is 18.9 Å². The zero-order valence-corrected chi connectivity index (χ0v) is 16.5. The number of nitrogens with zero attached hydrogens (tertiary/aromatic N) is 4. The molecule has 8 heteroatoms. The number of ether oxygens (including phenoxy) is 1. The second kappa shape index (κ2) is 7.71. The Morgan fingerprint density at radius 1 is 1.10 bits per heavy atom. The summed E-state index contributed by atoms with van der Waals surface area (Å²) in [7, 11) is 0. The summed E-state index contributed by atoms with van der Waals surface area (Å²) in [4.78, 5) is 11.4. The molecule has 2 fully saturated rings. The lowest BCUT2D eigenvalue weighted by molar-refractivity contribution is 0.122. The minimum Gasteiger partial charge on any atom is -0.378 e. The highest BCUT2D eigenvalue weighted by Crippen LogP contribution is 2.39. The van der Waals surface area contributed by atoms with Crippen molar-refractivity contribution in [2.24, 2.45) is 0 Å². The Hall–Kier alpha value is -3.13. The highest BCUT2D eigenvalue weighted by atomic mass is 16.5. The molecule has 2 aliphatic rings. The number of aromatic nitrogens is 4. The Morgan fingerprint density at radius 2 is 1.90 bits per heavy atom. The van der Waals surface area contributed by atoms with Gasteiger partial charge in [-0.3, -0.25) is 5.10 Å². The van der Waals surface area contributed by atoms with Crippen LogP contribution in [-0.4, -0.2) is 46.5 Å². The molecule has 0 bridgehead atoms. The van der Waals surface area contributed by atoms with Gasteiger partial charge in [-0.05, 0) is 44.0 Å². The normalized spacial score (nSPS) is 16.7. The van der Waals surface area contributed by atoms with Crippen molar-refractivity contribution in [3.05, 3.63) is 47.8 Å². The van der Waals surface area contributed by atoms with Gasteiger partial charge in [0.2, 0.25) is 5.95 Å². The van der Waals surface area contributed by atoms with Crippen molar-refractivity contribution in [3.8, 4) is 0 Å². The lowest BCUT2D eigenvalue weighted by Crippen LogP contribution is -2.36. The van der Waals surface area contributed by atoms with Gasteiger partial charge in [-0.2, -0.15) is 10.1 Å². The van der Waals surface area contributed by atoms with E-state index >= 15 is 0 Å². The Bertz CT molecular complexity index is 975. The number of aryl methyl sites for hydroxylation is 1. The van der Waals surface area contributed by atoms with Crippen LogP contribution in [0.15, 0.2) is 36.5 Å². The molecular weight excluding hydrogens is 366 g/mol. The van der Waals surface area contributed by atoms with E-state index in [0.29, 0.717) is 11.9 Å². The Labute approximate surface area is 169 Å². The van der Waals surface area contributed by atoms with Crippen molar-refractivity contribution in [2.45, 2.75) is 25.7 Å². The van der Waals surface area contributed by atoms with E-state index in [4.69, 9.17) is 4.74 Å². The second-order valence-corrected chi connectivity index (χ2v) is 7.60. The van der Waals surface area contributed by atoms with Crippen molar-refractivity contribution in [1.82, 2.24) is 20.2 Å². The van der Waals surface area contributed by atoms with Crippen molar-refractivity contribution >= 4 is 29.0 Å². The first-order valence-electron chi connectivity index (χ1n) is 10.1. The van der Waals surface area contributed by atoms with Crippen molar-refractivity contribution < 1.29 is 4.74 Å². The smallest absolute Gasteiger partial charge is 0.229 e. The molecule has 1 saturated carbocycles. The van der Waals surface area contributed by atoms with Crippen molar-refractivity contribution in [1.29, 1.82) is 0 Å². The molecule has 0 spiro atoms. The van der Waals surface area contributed by atoms with Crippen LogP contribution < -0.4 is 15.5 Å². The predicted octanol–water partition coefficient (Wildman–Crippen LogP) is 3.71. The first-order chi connectivity index (χ1) is 14.2. The van der Waals surface area contributed by atoms with Gasteiger partial charge in [0.1, 0.15) is 11.6 Å². The van der Waals surface area contributed by atoms with E-state index in [2.05, 4.69) is 66.0 Å². The minimum atomic E-state index is 0.555. The molecule has 0 atom stereocenters. The molecule has 3 heterocycles. The highest BCUT2D eigenvalue weighted by Gasteiger charge is 2.26. The van der Waals surface area contributed by atoms with E-state index < -0.39 is 0 Å². The van der Waals surface area contributed by atoms with E-state index in [1.54, 1.807) is 0 Å². The fraction of sp³-hybridized carbons (Fsp3) is 0.381. The first kappa shape index (κ1) is 17.9. The molecule has 0 unspecified atom stereocenters. The molecule has 1 aliphatic carbocycles. The fourth-order valence-corrected chi connectivity index (χ4v) is 3.45. The molecule has 29 heavy (non-hydrogen) atoms. The summed E-state index contributed by atoms with van der Waals surface area (Å²) < 4.78 is 5.42. The lowest BCUT2D eigenvalue weighted by atomic mass is 10.2. The van der Waals surface area contributed by atoms with E-state index in [-0.39, 0.29) is 0 Å². The summed E-state index contributed by atoms with van der Waals surface area (Å²) in [5, 5.41) is 14.1. The maximum Gasteiger partial charge on any atom is 0.229 e. The van der Waals surface area contributed by atoms with Crippen LogP contribution in [0.1, 0.15) is 30.0 Å². The number of morpholine rings is 1. The summed E-state index contributed by atoms with van der Waals surface area (Å²) in [6, 6.07) is 10.4. The topological polar surface area (TPSA) is 91.0 Å². The van der Waals surface area contributed by atoms with E-state index in [1.807, 2.05) is 13.1 Å². The summed E-state index contributed by atoms with van der Waals surface area (Å²) in [6.07, 6.45) is 4.28. The number of rotatable bonds is 6. The zero-order chi connectivity index (χ0) is 19.6. The van der Waals surface area contributed by atoms with Crippen LogP contribution in [0.25, 0.3) is 0 Å². The average molecular weight is 391 g/mol. The summed E-state index contributed by atoms with van der Waals surface area (Å²) in [5.41, 5.74) is 4.25. The number of H-pyrrole nitrogens is 1. The summed E-state index contributed by atoms with van der Waals surface area (Å²) in [5.74, 6) is 2.79. The number of aromatic amines is 1. The standard InChI is InChI=1S/C21H25N7O/c1-14-13-22-21(25-20(14)24-19-12-18(26-27-19)15-2-3-15)23-16-4-6-17(7-5-16)28-8-10-29-11-9-28/h4-7,12-13,15H,2-3,8-11H2,1H3,(H3,22,23,24,25,26,27).